The molecule has 0 saturated carbocycles. The Hall–Kier alpha value is -2.48. The van der Waals surface area contributed by atoms with Gasteiger partial charge in [0.1, 0.15) is 0 Å². The summed E-state index contributed by atoms with van der Waals surface area (Å²) in [6.45, 7) is 3.78. The zero-order chi connectivity index (χ0) is 15.8. The van der Waals surface area contributed by atoms with Crippen LogP contribution >= 0.6 is 0 Å². The highest BCUT2D eigenvalue weighted by Crippen LogP contribution is 2.16. The van der Waals surface area contributed by atoms with Crippen molar-refractivity contribution in [3.63, 3.8) is 0 Å². The van der Waals surface area contributed by atoms with Crippen molar-refractivity contribution >= 4 is 17.6 Å². The molecule has 0 bridgehead atoms. The summed E-state index contributed by atoms with van der Waals surface area (Å²) < 4.78 is 0. The predicted octanol–water partition coefficient (Wildman–Crippen LogP) is 1.87. The predicted molar refractivity (Wildman–Crippen MR) is 86.6 cm³/mol. The molecular weight excluding hydrogens is 278 g/mol. The molecular formula is C17H21N3O2. The minimum atomic E-state index is -0.0615. The van der Waals surface area contributed by atoms with Gasteiger partial charge in [-0.25, -0.2) is 4.79 Å². The van der Waals surface area contributed by atoms with E-state index in [2.05, 4.69) is 29.4 Å². The number of anilines is 1. The van der Waals surface area contributed by atoms with Crippen molar-refractivity contribution < 1.29 is 9.59 Å². The molecule has 0 aliphatic carbocycles. The van der Waals surface area contributed by atoms with E-state index in [0.29, 0.717) is 26.1 Å². The Labute approximate surface area is 131 Å². The Morgan fingerprint density at radius 3 is 2.77 bits per heavy atom. The van der Waals surface area contributed by atoms with Gasteiger partial charge in [0.05, 0.1) is 6.54 Å². The minimum Gasteiger partial charge on any atom is -0.345 e. The lowest BCUT2D eigenvalue weighted by Gasteiger charge is -2.13. The van der Waals surface area contributed by atoms with Gasteiger partial charge in [0.2, 0.25) is 5.91 Å². The summed E-state index contributed by atoms with van der Waals surface area (Å²) in [6.07, 6.45) is 2.48. The van der Waals surface area contributed by atoms with E-state index in [4.69, 9.17) is 0 Å². The molecule has 0 atom stereocenters. The van der Waals surface area contributed by atoms with Crippen LogP contribution in [0.3, 0.4) is 0 Å². The Morgan fingerprint density at radius 2 is 2.14 bits per heavy atom. The van der Waals surface area contributed by atoms with Crippen molar-refractivity contribution in [1.29, 1.82) is 0 Å². The highest BCUT2D eigenvalue weighted by atomic mass is 16.2. The van der Waals surface area contributed by atoms with E-state index >= 15 is 0 Å². The number of carbonyl (C=O) groups is 2. The third-order valence-corrected chi connectivity index (χ3v) is 3.40. The topological polar surface area (TPSA) is 61.4 Å². The summed E-state index contributed by atoms with van der Waals surface area (Å²) in [5.74, 6) is 5.98. The van der Waals surface area contributed by atoms with Gasteiger partial charge in [-0.15, -0.1) is 0 Å². The molecule has 0 radical (unpaired) electrons. The molecule has 22 heavy (non-hydrogen) atoms. The molecule has 0 aromatic heterocycles. The van der Waals surface area contributed by atoms with Gasteiger partial charge in [0.25, 0.3) is 0 Å². The van der Waals surface area contributed by atoms with Crippen molar-refractivity contribution in [2.24, 2.45) is 0 Å². The van der Waals surface area contributed by atoms with E-state index in [1.54, 1.807) is 4.90 Å². The molecule has 5 nitrogen and oxygen atoms in total. The zero-order valence-electron chi connectivity index (χ0n) is 12.8. The second kappa shape index (κ2) is 8.08. The second-order valence-corrected chi connectivity index (χ2v) is 5.11. The van der Waals surface area contributed by atoms with Crippen molar-refractivity contribution in [2.45, 2.75) is 26.2 Å². The molecule has 0 spiro atoms. The lowest BCUT2D eigenvalue weighted by atomic mass is 10.2. The first-order valence-corrected chi connectivity index (χ1v) is 7.61. The van der Waals surface area contributed by atoms with E-state index in [0.717, 1.165) is 24.1 Å². The van der Waals surface area contributed by atoms with Crippen molar-refractivity contribution in [3.05, 3.63) is 29.8 Å². The molecule has 1 aromatic carbocycles. The van der Waals surface area contributed by atoms with Gasteiger partial charge in [0, 0.05) is 30.8 Å². The number of rotatable bonds is 5. The van der Waals surface area contributed by atoms with Gasteiger partial charge in [0.15, 0.2) is 0 Å². The van der Waals surface area contributed by atoms with E-state index in [9.17, 15) is 9.59 Å². The fourth-order valence-electron chi connectivity index (χ4n) is 2.16. The molecule has 1 aliphatic rings. The van der Waals surface area contributed by atoms with Crippen molar-refractivity contribution in [2.75, 3.05) is 24.5 Å². The van der Waals surface area contributed by atoms with Crippen LogP contribution in [0.1, 0.15) is 31.7 Å². The lowest BCUT2D eigenvalue weighted by molar-refractivity contribution is -0.120. The summed E-state index contributed by atoms with van der Waals surface area (Å²) in [5.41, 5.74) is 1.74. The summed E-state index contributed by atoms with van der Waals surface area (Å²) in [4.78, 5) is 24.7. The van der Waals surface area contributed by atoms with Crippen molar-refractivity contribution in [1.82, 2.24) is 10.6 Å². The molecule has 1 fully saturated rings. The summed E-state index contributed by atoms with van der Waals surface area (Å²) in [5, 5.41) is 5.54. The fraction of sp³-hybridized carbons (Fsp3) is 0.412. The highest BCUT2D eigenvalue weighted by Gasteiger charge is 2.20. The smallest absolute Gasteiger partial charge is 0.321 e. The first-order valence-electron chi connectivity index (χ1n) is 7.61. The van der Waals surface area contributed by atoms with Crippen LogP contribution in [-0.4, -0.2) is 31.6 Å². The van der Waals surface area contributed by atoms with Crippen LogP contribution in [0, 0.1) is 11.8 Å². The second-order valence-electron chi connectivity index (χ2n) is 5.11. The van der Waals surface area contributed by atoms with Crippen LogP contribution < -0.4 is 15.5 Å². The van der Waals surface area contributed by atoms with Crippen molar-refractivity contribution in [3.8, 4) is 11.8 Å². The zero-order valence-corrected chi connectivity index (χ0v) is 12.8. The molecule has 0 unspecified atom stereocenters. The summed E-state index contributed by atoms with van der Waals surface area (Å²) in [7, 11) is 0. The average molecular weight is 299 g/mol. The van der Waals surface area contributed by atoms with Crippen LogP contribution in [0.25, 0.3) is 0 Å². The van der Waals surface area contributed by atoms with Gasteiger partial charge in [-0.3, -0.25) is 9.69 Å². The van der Waals surface area contributed by atoms with E-state index < -0.39 is 0 Å². The van der Waals surface area contributed by atoms with Gasteiger partial charge in [-0.2, -0.15) is 0 Å². The van der Waals surface area contributed by atoms with Crippen LogP contribution in [0.15, 0.2) is 24.3 Å². The van der Waals surface area contributed by atoms with E-state index in [-0.39, 0.29) is 11.9 Å². The Bertz CT molecular complexity index is 584. The Balaban J connectivity index is 1.83. The van der Waals surface area contributed by atoms with Gasteiger partial charge < -0.3 is 10.6 Å². The number of benzene rings is 1. The third-order valence-electron chi connectivity index (χ3n) is 3.40. The molecule has 2 rings (SSSR count). The highest BCUT2D eigenvalue weighted by molar-refractivity contribution is 5.94. The first kappa shape index (κ1) is 15.9. The van der Waals surface area contributed by atoms with Crippen LogP contribution in [0.2, 0.25) is 0 Å². The molecule has 1 aliphatic heterocycles. The average Bonchev–Trinajstić information content (AvgIpc) is 2.96. The molecule has 5 heteroatoms. The normalized spacial score (nSPS) is 13.3. The largest absolute Gasteiger partial charge is 0.345 e. The monoisotopic (exact) mass is 299 g/mol. The first-order chi connectivity index (χ1) is 10.7. The Kier molecular flexibility index (Phi) is 5.84. The third kappa shape index (κ3) is 4.52. The molecule has 1 saturated heterocycles. The molecule has 1 heterocycles. The SMILES string of the molecule is CCCCC(=O)NCC#Cc1ccc(N2CCNC2=O)cc1. The van der Waals surface area contributed by atoms with Gasteiger partial charge in [-0.1, -0.05) is 25.2 Å². The molecule has 1 aromatic rings. The quantitative estimate of drug-likeness (QED) is 0.815. The number of carbonyl (C=O) groups excluding carboxylic acids is 2. The maximum Gasteiger partial charge on any atom is 0.321 e. The molecule has 2 N–H and O–H groups in total. The number of unbranched alkanes of at least 4 members (excludes halogenated alkanes) is 1. The standard InChI is InChI=1S/C17H21N3O2/c1-2-3-6-16(21)18-11-4-5-14-7-9-15(10-8-14)20-13-12-19-17(20)22/h7-10H,2-3,6,11-13H2,1H3,(H,18,21)(H,19,22). The molecule has 3 amide bonds. The maximum atomic E-state index is 11.6. The fourth-order valence-corrected chi connectivity index (χ4v) is 2.16. The minimum absolute atomic E-state index is 0.0477. The van der Waals surface area contributed by atoms with Gasteiger partial charge in [-0.05, 0) is 30.7 Å². The van der Waals surface area contributed by atoms with Crippen LogP contribution in [0.5, 0.6) is 0 Å². The van der Waals surface area contributed by atoms with E-state index in [1.807, 2.05) is 24.3 Å². The summed E-state index contributed by atoms with van der Waals surface area (Å²) >= 11 is 0. The maximum absolute atomic E-state index is 11.6. The number of hydrogen-bond donors (Lipinski definition) is 2. The van der Waals surface area contributed by atoms with E-state index in [1.165, 1.54) is 0 Å². The Morgan fingerprint density at radius 1 is 1.36 bits per heavy atom. The number of amides is 3. The molecule has 116 valence electrons. The summed E-state index contributed by atoms with van der Waals surface area (Å²) in [6, 6.07) is 7.47. The number of nitrogens with one attached hydrogen (secondary N) is 2. The number of nitrogens with zero attached hydrogens (tertiary/aromatic N) is 1. The van der Waals surface area contributed by atoms with Gasteiger partial charge >= 0.3 is 6.03 Å². The lowest BCUT2D eigenvalue weighted by Crippen LogP contribution is -2.27. The number of hydrogen-bond acceptors (Lipinski definition) is 2. The van der Waals surface area contributed by atoms with Crippen LogP contribution in [0.4, 0.5) is 10.5 Å². The number of urea groups is 1. The van der Waals surface area contributed by atoms with Crippen LogP contribution in [-0.2, 0) is 4.79 Å².